The molecular weight excluding hydrogens is 398 g/mol. The van der Waals surface area contributed by atoms with Crippen LogP contribution in [0.4, 0.5) is 5.82 Å². The van der Waals surface area contributed by atoms with Crippen LogP contribution in [0.25, 0.3) is 0 Å². The monoisotopic (exact) mass is 441 g/mol. The first kappa shape index (κ1) is 23.5. The number of fused-ring (bicyclic) bond motifs is 1. The molecule has 5 nitrogen and oxygen atoms in total. The highest BCUT2D eigenvalue weighted by atomic mass is 16.5. The summed E-state index contributed by atoms with van der Waals surface area (Å²) >= 11 is 0. The number of piperazine rings is 1. The zero-order valence-electron chi connectivity index (χ0n) is 20.5. The van der Waals surface area contributed by atoms with Crippen LogP contribution in [0.3, 0.4) is 0 Å². The molecule has 1 aliphatic heterocycles. The molecule has 0 N–H and O–H groups in total. The van der Waals surface area contributed by atoms with E-state index in [0.29, 0.717) is 17.9 Å². The smallest absolute Gasteiger partial charge is 0.302 e. The number of carbonyl (C=O) groups is 1. The maximum absolute atomic E-state index is 10.9. The summed E-state index contributed by atoms with van der Waals surface area (Å²) < 4.78 is 5.03. The first-order valence-corrected chi connectivity index (χ1v) is 13.0. The summed E-state index contributed by atoms with van der Waals surface area (Å²) in [5, 5.41) is 0. The number of anilines is 1. The van der Waals surface area contributed by atoms with Gasteiger partial charge in [-0.1, -0.05) is 32.8 Å². The van der Waals surface area contributed by atoms with Crippen molar-refractivity contribution in [2.75, 3.05) is 44.2 Å². The second kappa shape index (κ2) is 10.5. The van der Waals surface area contributed by atoms with E-state index in [0.717, 1.165) is 57.4 Å². The molecule has 2 saturated carbocycles. The van der Waals surface area contributed by atoms with Gasteiger partial charge in [0.25, 0.3) is 0 Å². The molecule has 0 amide bonds. The number of pyridine rings is 1. The Bertz CT molecular complexity index is 757. The lowest BCUT2D eigenvalue weighted by molar-refractivity contribution is -0.141. The fraction of sp³-hybridized carbons (Fsp3) is 0.778. The van der Waals surface area contributed by atoms with Crippen molar-refractivity contribution in [2.24, 2.45) is 17.3 Å². The van der Waals surface area contributed by atoms with Crippen LogP contribution in [0.5, 0.6) is 0 Å². The maximum atomic E-state index is 10.9. The highest BCUT2D eigenvalue weighted by Gasteiger charge is 2.42. The van der Waals surface area contributed by atoms with Crippen molar-refractivity contribution in [2.45, 2.75) is 78.1 Å². The van der Waals surface area contributed by atoms with Gasteiger partial charge in [0.1, 0.15) is 5.82 Å². The summed E-state index contributed by atoms with van der Waals surface area (Å²) in [7, 11) is 0. The third-order valence-electron chi connectivity index (χ3n) is 8.44. The van der Waals surface area contributed by atoms with E-state index in [1.54, 1.807) is 0 Å². The van der Waals surface area contributed by atoms with Gasteiger partial charge in [-0.2, -0.15) is 0 Å². The van der Waals surface area contributed by atoms with Crippen molar-refractivity contribution in [3.8, 4) is 0 Å². The van der Waals surface area contributed by atoms with Crippen LogP contribution in [0, 0.1) is 17.3 Å². The molecule has 5 heteroatoms. The van der Waals surface area contributed by atoms with Gasteiger partial charge in [0.2, 0.25) is 0 Å². The molecule has 3 unspecified atom stereocenters. The van der Waals surface area contributed by atoms with Crippen LogP contribution in [-0.4, -0.2) is 55.2 Å². The van der Waals surface area contributed by atoms with E-state index in [4.69, 9.17) is 9.72 Å². The molecule has 0 radical (unpaired) electrons. The summed E-state index contributed by atoms with van der Waals surface area (Å²) in [5.74, 6) is 3.43. The summed E-state index contributed by atoms with van der Waals surface area (Å²) in [4.78, 5) is 21.0. The first-order valence-electron chi connectivity index (χ1n) is 13.0. The quantitative estimate of drug-likeness (QED) is 0.427. The zero-order valence-corrected chi connectivity index (χ0v) is 20.5. The van der Waals surface area contributed by atoms with Crippen LogP contribution in [-0.2, 0) is 9.53 Å². The summed E-state index contributed by atoms with van der Waals surface area (Å²) in [6.45, 7) is 12.4. The molecule has 32 heavy (non-hydrogen) atoms. The average Bonchev–Trinajstić information content (AvgIpc) is 2.79. The number of hydrogen-bond donors (Lipinski definition) is 0. The molecule has 3 aliphatic rings. The molecule has 0 aromatic carbocycles. The second-order valence-electron chi connectivity index (χ2n) is 11.1. The lowest BCUT2D eigenvalue weighted by Gasteiger charge is -2.49. The molecule has 0 bridgehead atoms. The number of hydrogen-bond acceptors (Lipinski definition) is 5. The highest BCUT2D eigenvalue weighted by Crippen LogP contribution is 2.53. The number of carbonyl (C=O) groups excluding carboxylic acids is 1. The number of rotatable bonds is 7. The molecule has 3 fully saturated rings. The van der Waals surface area contributed by atoms with E-state index >= 15 is 0 Å². The molecule has 1 saturated heterocycles. The number of aromatic nitrogens is 1. The largest absolute Gasteiger partial charge is 0.466 e. The molecule has 1 aromatic rings. The van der Waals surface area contributed by atoms with Gasteiger partial charge in [0.05, 0.1) is 6.61 Å². The third kappa shape index (κ3) is 5.84. The van der Waals surface area contributed by atoms with E-state index in [1.807, 2.05) is 0 Å². The van der Waals surface area contributed by atoms with E-state index in [9.17, 15) is 4.79 Å². The van der Waals surface area contributed by atoms with Crippen LogP contribution in [0.15, 0.2) is 18.2 Å². The fourth-order valence-electron chi connectivity index (χ4n) is 6.51. The van der Waals surface area contributed by atoms with Crippen LogP contribution in [0.1, 0.15) is 83.7 Å². The van der Waals surface area contributed by atoms with Gasteiger partial charge in [0.15, 0.2) is 0 Å². The molecule has 178 valence electrons. The number of esters is 1. The topological polar surface area (TPSA) is 45.7 Å². The average molecular weight is 442 g/mol. The van der Waals surface area contributed by atoms with Gasteiger partial charge in [-0.15, -0.1) is 0 Å². The van der Waals surface area contributed by atoms with E-state index in [2.05, 4.69) is 41.8 Å². The Balaban J connectivity index is 1.28. The molecule has 3 atom stereocenters. The zero-order chi connectivity index (χ0) is 22.6. The molecule has 0 spiro atoms. The Morgan fingerprint density at radius 1 is 1.12 bits per heavy atom. The molecular formula is C27H43N3O2. The van der Waals surface area contributed by atoms with Gasteiger partial charge in [-0.3, -0.25) is 9.69 Å². The van der Waals surface area contributed by atoms with Crippen LogP contribution >= 0.6 is 0 Å². The predicted octanol–water partition coefficient (Wildman–Crippen LogP) is 5.26. The number of ether oxygens (including phenoxy) is 1. The molecule has 2 heterocycles. The van der Waals surface area contributed by atoms with E-state index in [1.165, 1.54) is 57.0 Å². The Morgan fingerprint density at radius 3 is 2.72 bits per heavy atom. The lowest BCUT2D eigenvalue weighted by atomic mass is 9.57. The minimum absolute atomic E-state index is 0.177. The number of nitrogens with zero attached hydrogens (tertiary/aromatic N) is 3. The summed E-state index contributed by atoms with van der Waals surface area (Å²) in [5.41, 5.74) is 1.82. The Morgan fingerprint density at radius 2 is 1.94 bits per heavy atom. The summed E-state index contributed by atoms with van der Waals surface area (Å²) in [6, 6.07) is 6.72. The maximum Gasteiger partial charge on any atom is 0.302 e. The van der Waals surface area contributed by atoms with Gasteiger partial charge >= 0.3 is 5.97 Å². The van der Waals surface area contributed by atoms with Gasteiger partial charge in [0, 0.05) is 44.7 Å². The standard InChI is InChI=1S/C27H43N3O2/c1-21(31)32-19-5-4-14-29-15-17-30(18-16-29)26-10-6-9-25(28-26)23-12-11-22-8-7-13-27(2,3)24(22)20-23/h6,9-10,22-24H,4-5,7-8,11-20H2,1-3H3. The molecule has 2 aliphatic carbocycles. The van der Waals surface area contributed by atoms with Crippen LogP contribution < -0.4 is 4.90 Å². The summed E-state index contributed by atoms with van der Waals surface area (Å²) in [6.07, 6.45) is 10.3. The van der Waals surface area contributed by atoms with Crippen molar-refractivity contribution < 1.29 is 9.53 Å². The molecule has 1 aromatic heterocycles. The van der Waals surface area contributed by atoms with E-state index < -0.39 is 0 Å². The third-order valence-corrected chi connectivity index (χ3v) is 8.44. The number of unbranched alkanes of at least 4 members (excludes halogenated alkanes) is 1. The van der Waals surface area contributed by atoms with Gasteiger partial charge in [-0.05, 0) is 74.5 Å². The Labute approximate surface area is 194 Å². The van der Waals surface area contributed by atoms with Crippen molar-refractivity contribution in [3.05, 3.63) is 23.9 Å². The highest BCUT2D eigenvalue weighted by molar-refractivity contribution is 5.65. The first-order chi connectivity index (χ1) is 15.4. The minimum Gasteiger partial charge on any atom is -0.466 e. The Kier molecular flexibility index (Phi) is 7.75. The predicted molar refractivity (Wildman–Crippen MR) is 130 cm³/mol. The minimum atomic E-state index is -0.177. The van der Waals surface area contributed by atoms with Gasteiger partial charge in [-0.25, -0.2) is 4.98 Å². The van der Waals surface area contributed by atoms with E-state index in [-0.39, 0.29) is 5.97 Å². The van der Waals surface area contributed by atoms with Crippen molar-refractivity contribution in [1.82, 2.24) is 9.88 Å². The molecule has 4 rings (SSSR count). The van der Waals surface area contributed by atoms with Crippen molar-refractivity contribution in [1.29, 1.82) is 0 Å². The van der Waals surface area contributed by atoms with Crippen molar-refractivity contribution in [3.63, 3.8) is 0 Å². The second-order valence-corrected chi connectivity index (χ2v) is 11.1. The van der Waals surface area contributed by atoms with Crippen molar-refractivity contribution >= 4 is 11.8 Å². The van der Waals surface area contributed by atoms with Crippen LogP contribution in [0.2, 0.25) is 0 Å². The lowest BCUT2D eigenvalue weighted by Crippen LogP contribution is -2.47. The Hall–Kier alpha value is -1.62. The fourth-order valence-corrected chi connectivity index (χ4v) is 6.51. The normalized spacial score (nSPS) is 28.2. The SMILES string of the molecule is CC(=O)OCCCCN1CCN(c2cccc(C3CCC4CCCC(C)(C)C4C3)n2)CC1. The van der Waals surface area contributed by atoms with Gasteiger partial charge < -0.3 is 9.64 Å².